The smallest absolute Gasteiger partial charge is 0.123 e. The molecule has 1 saturated heterocycles. The highest BCUT2D eigenvalue weighted by Crippen LogP contribution is 2.28. The number of hydrogen-bond acceptors (Lipinski definition) is 4. The Morgan fingerprint density at radius 1 is 1.10 bits per heavy atom. The van der Waals surface area contributed by atoms with Crippen molar-refractivity contribution in [2.45, 2.75) is 32.4 Å². The number of nitrogens with one attached hydrogen (secondary N) is 1. The molecule has 29 heavy (non-hydrogen) atoms. The van der Waals surface area contributed by atoms with Gasteiger partial charge in [0.2, 0.25) is 0 Å². The molecule has 0 atom stereocenters. The Balaban J connectivity index is 0.00000205. The Kier molecular flexibility index (Phi) is 5.69. The van der Waals surface area contributed by atoms with E-state index in [2.05, 4.69) is 57.3 Å². The van der Waals surface area contributed by atoms with Crippen LogP contribution in [0.5, 0.6) is 5.75 Å². The zero-order chi connectivity index (χ0) is 18.9. The molecule has 1 fully saturated rings. The molecule has 0 saturated carbocycles. The summed E-state index contributed by atoms with van der Waals surface area (Å²) in [4.78, 5) is 6.69. The van der Waals surface area contributed by atoms with Crippen LogP contribution in [-0.4, -0.2) is 39.3 Å². The van der Waals surface area contributed by atoms with Crippen molar-refractivity contribution < 1.29 is 4.74 Å². The highest BCUT2D eigenvalue weighted by molar-refractivity contribution is 5.85. The van der Waals surface area contributed by atoms with Crippen LogP contribution in [0.25, 0.3) is 21.7 Å². The van der Waals surface area contributed by atoms with Crippen molar-refractivity contribution >= 4 is 34.1 Å². The third-order valence-corrected chi connectivity index (χ3v) is 5.68. The molecule has 0 unspecified atom stereocenters. The van der Waals surface area contributed by atoms with Gasteiger partial charge >= 0.3 is 0 Å². The summed E-state index contributed by atoms with van der Waals surface area (Å²) in [5.74, 6) is 0.997. The molecule has 1 N–H and O–H groups in total. The Morgan fingerprint density at radius 3 is 2.79 bits per heavy atom. The molecule has 0 bridgehead atoms. The van der Waals surface area contributed by atoms with Crippen LogP contribution >= 0.6 is 12.4 Å². The number of piperidine rings is 1. The number of aromatic nitrogens is 3. The van der Waals surface area contributed by atoms with Crippen LogP contribution in [0.1, 0.15) is 24.1 Å². The van der Waals surface area contributed by atoms with E-state index in [1.54, 1.807) is 0 Å². The van der Waals surface area contributed by atoms with Gasteiger partial charge in [0.15, 0.2) is 0 Å². The van der Waals surface area contributed by atoms with Crippen molar-refractivity contribution in [1.29, 1.82) is 0 Å². The molecule has 5 rings (SSSR count). The number of benzene rings is 2. The molecule has 1 aliphatic rings. The Morgan fingerprint density at radius 2 is 1.93 bits per heavy atom. The van der Waals surface area contributed by atoms with Gasteiger partial charge in [-0.05, 0) is 55.0 Å². The van der Waals surface area contributed by atoms with E-state index in [0.717, 1.165) is 49.1 Å². The van der Waals surface area contributed by atoms with E-state index in [1.165, 1.54) is 22.0 Å². The van der Waals surface area contributed by atoms with E-state index < -0.39 is 0 Å². The highest BCUT2D eigenvalue weighted by Gasteiger charge is 2.22. The topological polar surface area (TPSA) is 54.0 Å². The predicted octanol–water partition coefficient (Wildman–Crippen LogP) is 4.88. The number of para-hydroxylation sites is 1. The molecular weight excluding hydrogens is 384 g/mol. The van der Waals surface area contributed by atoms with Crippen LogP contribution < -0.4 is 4.74 Å². The molecule has 1 aliphatic heterocycles. The van der Waals surface area contributed by atoms with E-state index in [-0.39, 0.29) is 18.5 Å². The zero-order valence-electron chi connectivity index (χ0n) is 16.5. The van der Waals surface area contributed by atoms with E-state index in [0.29, 0.717) is 0 Å². The number of aromatic amines is 1. The maximum Gasteiger partial charge on any atom is 0.123 e. The monoisotopic (exact) mass is 408 g/mol. The van der Waals surface area contributed by atoms with Gasteiger partial charge in [-0.3, -0.25) is 15.0 Å². The molecule has 150 valence electrons. The number of nitrogens with zero attached hydrogens (tertiary/aromatic N) is 3. The van der Waals surface area contributed by atoms with Gasteiger partial charge < -0.3 is 4.74 Å². The van der Waals surface area contributed by atoms with Gasteiger partial charge in [0.05, 0.1) is 11.2 Å². The highest BCUT2D eigenvalue weighted by atomic mass is 35.5. The first-order chi connectivity index (χ1) is 13.8. The lowest BCUT2D eigenvalue weighted by Crippen LogP contribution is -2.38. The second-order valence-corrected chi connectivity index (χ2v) is 7.65. The summed E-state index contributed by atoms with van der Waals surface area (Å²) >= 11 is 0. The lowest BCUT2D eigenvalue weighted by molar-refractivity contribution is 0.0959. The van der Waals surface area contributed by atoms with Crippen molar-refractivity contribution in [1.82, 2.24) is 20.1 Å². The van der Waals surface area contributed by atoms with Crippen LogP contribution in [0.3, 0.4) is 0 Å². The normalized spacial score (nSPS) is 15.5. The standard InChI is InChI=1S/C23H24N4O.ClH/c1-16-12-18-14-24-9-6-17(18)13-23(16)28-19-7-10-27(11-8-19)15-22-20-4-2-3-5-21(20)25-26-22;/h2-6,9,12-14,19H,7-8,10-11,15H2,1H3,(H,25,26);1H. The van der Waals surface area contributed by atoms with Crippen LogP contribution in [0, 0.1) is 6.92 Å². The fourth-order valence-corrected chi connectivity index (χ4v) is 4.08. The number of rotatable bonds is 4. The maximum absolute atomic E-state index is 6.38. The first-order valence-electron chi connectivity index (χ1n) is 9.91. The zero-order valence-corrected chi connectivity index (χ0v) is 17.3. The molecule has 0 spiro atoms. The number of aryl methyl sites for hydroxylation is 1. The molecule has 0 amide bonds. The number of fused-ring (bicyclic) bond motifs is 2. The number of pyridine rings is 1. The third-order valence-electron chi connectivity index (χ3n) is 5.68. The van der Waals surface area contributed by atoms with Gasteiger partial charge in [-0.2, -0.15) is 5.10 Å². The van der Waals surface area contributed by atoms with Crippen molar-refractivity contribution in [3.05, 3.63) is 66.1 Å². The van der Waals surface area contributed by atoms with Gasteiger partial charge in [-0.15, -0.1) is 12.4 Å². The molecule has 2 aromatic heterocycles. The molecule has 2 aromatic carbocycles. The first kappa shape index (κ1) is 19.7. The average molecular weight is 409 g/mol. The van der Waals surface area contributed by atoms with Gasteiger partial charge in [0.25, 0.3) is 0 Å². The van der Waals surface area contributed by atoms with Gasteiger partial charge in [-0.1, -0.05) is 18.2 Å². The molecule has 5 nitrogen and oxygen atoms in total. The van der Waals surface area contributed by atoms with E-state index in [4.69, 9.17) is 4.74 Å². The predicted molar refractivity (Wildman–Crippen MR) is 119 cm³/mol. The Labute approximate surface area is 176 Å². The van der Waals surface area contributed by atoms with Crippen LogP contribution in [-0.2, 0) is 6.54 Å². The molecular formula is C23H25ClN4O. The molecule has 6 heteroatoms. The van der Waals surface area contributed by atoms with Crippen molar-refractivity contribution in [3.63, 3.8) is 0 Å². The van der Waals surface area contributed by atoms with Crippen LogP contribution in [0.4, 0.5) is 0 Å². The quantitative estimate of drug-likeness (QED) is 0.522. The molecule has 0 aliphatic carbocycles. The number of H-pyrrole nitrogens is 1. The maximum atomic E-state index is 6.38. The second-order valence-electron chi connectivity index (χ2n) is 7.65. The Bertz CT molecular complexity index is 1120. The Hall–Kier alpha value is -2.63. The van der Waals surface area contributed by atoms with Crippen molar-refractivity contribution in [2.24, 2.45) is 0 Å². The van der Waals surface area contributed by atoms with Gasteiger partial charge in [-0.25, -0.2) is 0 Å². The number of ether oxygens (including phenoxy) is 1. The second kappa shape index (κ2) is 8.39. The largest absolute Gasteiger partial charge is 0.490 e. The van der Waals surface area contributed by atoms with Crippen LogP contribution in [0.2, 0.25) is 0 Å². The molecule has 0 radical (unpaired) electrons. The van der Waals surface area contributed by atoms with E-state index >= 15 is 0 Å². The summed E-state index contributed by atoms with van der Waals surface area (Å²) in [6, 6.07) is 14.6. The first-order valence-corrected chi connectivity index (χ1v) is 9.91. The SMILES string of the molecule is Cc1cc2cnccc2cc1OC1CCN(Cc2[nH]nc3ccccc23)CC1.Cl. The minimum atomic E-state index is 0. The van der Waals surface area contributed by atoms with Crippen LogP contribution in [0.15, 0.2) is 54.9 Å². The lowest BCUT2D eigenvalue weighted by atomic mass is 10.1. The third kappa shape index (κ3) is 4.07. The fourth-order valence-electron chi connectivity index (χ4n) is 4.08. The van der Waals surface area contributed by atoms with Gasteiger partial charge in [0.1, 0.15) is 11.9 Å². The summed E-state index contributed by atoms with van der Waals surface area (Å²) in [5.41, 5.74) is 3.42. The fraction of sp³-hybridized carbons (Fsp3) is 0.304. The molecule has 4 aromatic rings. The minimum absolute atomic E-state index is 0. The summed E-state index contributed by atoms with van der Waals surface area (Å²) in [6.45, 7) is 5.10. The molecule has 3 heterocycles. The van der Waals surface area contributed by atoms with Gasteiger partial charge in [0, 0.05) is 42.8 Å². The van der Waals surface area contributed by atoms with Crippen molar-refractivity contribution in [2.75, 3.05) is 13.1 Å². The average Bonchev–Trinajstić information content (AvgIpc) is 3.13. The number of halogens is 1. The number of likely N-dealkylation sites (tertiary alicyclic amines) is 1. The summed E-state index contributed by atoms with van der Waals surface area (Å²) < 4.78 is 6.38. The minimum Gasteiger partial charge on any atom is -0.490 e. The summed E-state index contributed by atoms with van der Waals surface area (Å²) in [7, 11) is 0. The summed E-state index contributed by atoms with van der Waals surface area (Å²) in [6.07, 6.45) is 6.09. The number of hydrogen-bond donors (Lipinski definition) is 1. The van der Waals surface area contributed by atoms with Crippen molar-refractivity contribution in [3.8, 4) is 5.75 Å². The van der Waals surface area contributed by atoms with E-state index in [1.807, 2.05) is 24.5 Å². The lowest BCUT2D eigenvalue weighted by Gasteiger charge is -2.32. The van der Waals surface area contributed by atoms with E-state index in [9.17, 15) is 0 Å². The summed E-state index contributed by atoms with van der Waals surface area (Å²) in [5, 5.41) is 11.2.